The first-order valence-corrected chi connectivity index (χ1v) is 5.16. The smallest absolute Gasteiger partial charge is 0.0617 e. The van der Waals surface area contributed by atoms with Gasteiger partial charge in [0.15, 0.2) is 0 Å². The second-order valence-electron chi connectivity index (χ2n) is 3.48. The summed E-state index contributed by atoms with van der Waals surface area (Å²) in [6, 6.07) is 2.10. The van der Waals surface area contributed by atoms with E-state index in [1.807, 2.05) is 6.92 Å². The zero-order valence-electron chi connectivity index (χ0n) is 7.16. The van der Waals surface area contributed by atoms with Crippen molar-refractivity contribution in [1.29, 1.82) is 0 Å². The van der Waals surface area contributed by atoms with Crippen molar-refractivity contribution in [3.05, 3.63) is 16.6 Å². The molecule has 1 N–H and O–H groups in total. The van der Waals surface area contributed by atoms with Gasteiger partial charge in [-0.15, -0.1) is 0 Å². The maximum absolute atomic E-state index is 9.63. The summed E-state index contributed by atoms with van der Waals surface area (Å²) < 4.78 is 4.23. The van der Waals surface area contributed by atoms with E-state index in [1.54, 1.807) is 11.5 Å². The van der Waals surface area contributed by atoms with E-state index in [-0.39, 0.29) is 6.10 Å². The van der Waals surface area contributed by atoms with Crippen molar-refractivity contribution in [3.63, 3.8) is 0 Å². The number of aryl methyl sites for hydroxylation is 1. The summed E-state index contributed by atoms with van der Waals surface area (Å²) in [5.41, 5.74) is 1.08. The molecule has 1 fully saturated rings. The van der Waals surface area contributed by atoms with Gasteiger partial charge in [0.25, 0.3) is 0 Å². The molecule has 0 saturated heterocycles. The molecule has 66 valence electrons. The highest BCUT2D eigenvalue weighted by Crippen LogP contribution is 2.36. The molecule has 1 aliphatic carbocycles. The summed E-state index contributed by atoms with van der Waals surface area (Å²) in [5, 5.41) is 9.63. The molecule has 12 heavy (non-hydrogen) atoms. The Kier molecular flexibility index (Phi) is 2.15. The molecule has 1 aromatic heterocycles. The van der Waals surface area contributed by atoms with Crippen molar-refractivity contribution in [3.8, 4) is 0 Å². The van der Waals surface area contributed by atoms with Gasteiger partial charge in [0.2, 0.25) is 0 Å². The monoisotopic (exact) mass is 183 g/mol. The molecule has 1 heterocycles. The van der Waals surface area contributed by atoms with Gasteiger partial charge in [0.05, 0.1) is 11.8 Å². The van der Waals surface area contributed by atoms with E-state index in [4.69, 9.17) is 0 Å². The summed E-state index contributed by atoms with van der Waals surface area (Å²) >= 11 is 1.54. The number of hydrogen-bond acceptors (Lipinski definition) is 3. The minimum atomic E-state index is -0.121. The van der Waals surface area contributed by atoms with Crippen molar-refractivity contribution >= 4 is 11.5 Å². The highest BCUT2D eigenvalue weighted by Gasteiger charge is 2.27. The molecule has 0 aliphatic heterocycles. The number of nitrogens with zero attached hydrogens (tertiary/aromatic N) is 1. The van der Waals surface area contributed by atoms with Crippen LogP contribution in [0.5, 0.6) is 0 Å². The van der Waals surface area contributed by atoms with Crippen LogP contribution in [0.2, 0.25) is 0 Å². The zero-order valence-corrected chi connectivity index (χ0v) is 7.97. The number of rotatable bonds is 1. The first-order chi connectivity index (χ1) is 5.77. The second-order valence-corrected chi connectivity index (χ2v) is 4.31. The number of aromatic nitrogens is 1. The van der Waals surface area contributed by atoms with Crippen LogP contribution in [0.4, 0.5) is 0 Å². The van der Waals surface area contributed by atoms with E-state index in [1.165, 1.54) is 4.88 Å². The van der Waals surface area contributed by atoms with Gasteiger partial charge in [-0.1, -0.05) is 6.42 Å². The van der Waals surface area contributed by atoms with Gasteiger partial charge in [-0.2, -0.15) is 4.37 Å². The van der Waals surface area contributed by atoms with E-state index < -0.39 is 0 Å². The van der Waals surface area contributed by atoms with Gasteiger partial charge in [0.1, 0.15) is 0 Å². The summed E-state index contributed by atoms with van der Waals surface area (Å²) in [7, 11) is 0. The van der Waals surface area contributed by atoms with Gasteiger partial charge in [-0.3, -0.25) is 0 Å². The first kappa shape index (κ1) is 8.20. The van der Waals surface area contributed by atoms with Gasteiger partial charge in [-0.25, -0.2) is 0 Å². The fraction of sp³-hybridized carbons (Fsp3) is 0.667. The lowest BCUT2D eigenvalue weighted by atomic mass is 10.0. The Morgan fingerprint density at radius 1 is 1.58 bits per heavy atom. The van der Waals surface area contributed by atoms with Crippen LogP contribution in [-0.2, 0) is 0 Å². The molecule has 1 aromatic rings. The summed E-state index contributed by atoms with van der Waals surface area (Å²) in [6.45, 7) is 2.00. The largest absolute Gasteiger partial charge is 0.392 e. The number of hydrogen-bond donors (Lipinski definition) is 1. The summed E-state index contributed by atoms with van der Waals surface area (Å²) in [5.74, 6) is 0.371. The molecule has 3 heteroatoms. The average molecular weight is 183 g/mol. The molecule has 2 unspecified atom stereocenters. The van der Waals surface area contributed by atoms with Crippen LogP contribution in [0.1, 0.15) is 35.8 Å². The predicted molar refractivity (Wildman–Crippen MR) is 49.4 cm³/mol. The van der Waals surface area contributed by atoms with Gasteiger partial charge in [-0.05, 0) is 37.4 Å². The van der Waals surface area contributed by atoms with Crippen molar-refractivity contribution in [2.75, 3.05) is 0 Å². The number of aliphatic hydroxyl groups is 1. The van der Waals surface area contributed by atoms with Crippen LogP contribution in [0.25, 0.3) is 0 Å². The lowest BCUT2D eigenvalue weighted by Gasteiger charge is -2.10. The van der Waals surface area contributed by atoms with Crippen LogP contribution < -0.4 is 0 Å². The maximum atomic E-state index is 9.63. The molecule has 0 bridgehead atoms. The summed E-state index contributed by atoms with van der Waals surface area (Å²) in [6.07, 6.45) is 3.12. The standard InChI is InChI=1S/C9H13NOS/c1-6-5-9(12-10-6)7-3-2-4-8(7)11/h5,7-8,11H,2-4H2,1H3. The molecule has 0 aromatic carbocycles. The van der Waals surface area contributed by atoms with E-state index in [9.17, 15) is 5.11 Å². The third-order valence-electron chi connectivity index (χ3n) is 2.49. The lowest BCUT2D eigenvalue weighted by Crippen LogP contribution is -2.09. The Balaban J connectivity index is 2.19. The molecule has 1 saturated carbocycles. The molecule has 1 aliphatic rings. The second kappa shape index (κ2) is 3.15. The first-order valence-electron chi connectivity index (χ1n) is 4.38. The molecular formula is C9H13NOS. The highest BCUT2D eigenvalue weighted by molar-refractivity contribution is 7.05. The molecule has 2 nitrogen and oxygen atoms in total. The third kappa shape index (κ3) is 1.39. The molecular weight excluding hydrogens is 170 g/mol. The van der Waals surface area contributed by atoms with Crippen molar-refractivity contribution in [1.82, 2.24) is 4.37 Å². The Hall–Kier alpha value is -0.410. The minimum Gasteiger partial charge on any atom is -0.392 e. The summed E-state index contributed by atoms with van der Waals surface area (Å²) in [4.78, 5) is 1.26. The fourth-order valence-electron chi connectivity index (χ4n) is 1.83. The molecule has 2 atom stereocenters. The van der Waals surface area contributed by atoms with E-state index in [0.29, 0.717) is 5.92 Å². The number of aliphatic hydroxyl groups excluding tert-OH is 1. The third-order valence-corrected chi connectivity index (χ3v) is 3.50. The fourth-order valence-corrected chi connectivity index (χ4v) is 2.77. The maximum Gasteiger partial charge on any atom is 0.0617 e. The van der Waals surface area contributed by atoms with E-state index in [0.717, 1.165) is 25.0 Å². The topological polar surface area (TPSA) is 33.1 Å². The Morgan fingerprint density at radius 2 is 2.42 bits per heavy atom. The molecule has 0 spiro atoms. The van der Waals surface area contributed by atoms with Gasteiger partial charge in [0, 0.05) is 10.8 Å². The lowest BCUT2D eigenvalue weighted by molar-refractivity contribution is 0.165. The van der Waals surface area contributed by atoms with Crippen LogP contribution >= 0.6 is 11.5 Å². The van der Waals surface area contributed by atoms with Gasteiger partial charge < -0.3 is 5.11 Å². The normalized spacial score (nSPS) is 29.5. The van der Waals surface area contributed by atoms with Crippen LogP contribution in [0, 0.1) is 6.92 Å². The Morgan fingerprint density at radius 3 is 2.92 bits per heavy atom. The minimum absolute atomic E-state index is 0.121. The van der Waals surface area contributed by atoms with Crippen molar-refractivity contribution < 1.29 is 5.11 Å². The highest BCUT2D eigenvalue weighted by atomic mass is 32.1. The predicted octanol–water partition coefficient (Wildman–Crippen LogP) is 2.08. The molecule has 0 amide bonds. The van der Waals surface area contributed by atoms with Crippen LogP contribution in [0.15, 0.2) is 6.07 Å². The van der Waals surface area contributed by atoms with E-state index >= 15 is 0 Å². The van der Waals surface area contributed by atoms with Crippen LogP contribution in [-0.4, -0.2) is 15.6 Å². The molecule has 0 radical (unpaired) electrons. The quantitative estimate of drug-likeness (QED) is 0.723. The van der Waals surface area contributed by atoms with Crippen molar-refractivity contribution in [2.24, 2.45) is 0 Å². The average Bonchev–Trinajstić information content (AvgIpc) is 2.58. The Labute approximate surface area is 76.4 Å². The van der Waals surface area contributed by atoms with Crippen molar-refractivity contribution in [2.45, 2.75) is 38.2 Å². The van der Waals surface area contributed by atoms with Gasteiger partial charge >= 0.3 is 0 Å². The molecule has 2 rings (SSSR count). The SMILES string of the molecule is Cc1cc(C2CCCC2O)sn1. The van der Waals surface area contributed by atoms with Crippen LogP contribution in [0.3, 0.4) is 0 Å². The van der Waals surface area contributed by atoms with E-state index in [2.05, 4.69) is 10.4 Å². The zero-order chi connectivity index (χ0) is 8.55. The Bertz CT molecular complexity index is 271.